The monoisotopic (exact) mass is 540 g/mol. The Morgan fingerprint density at radius 2 is 1.85 bits per heavy atom. The van der Waals surface area contributed by atoms with Crippen molar-refractivity contribution in [2.24, 2.45) is 22.7 Å². The van der Waals surface area contributed by atoms with E-state index in [2.05, 4.69) is 0 Å². The molecule has 0 heterocycles. The SMILES string of the molecule is CC(=O)Oc1ccccc1C(=O)OCC(=O)C1(O)CCC2C3CCC4=CC(=O)C=CC4(C)C3(F)C(O)CC21C. The van der Waals surface area contributed by atoms with E-state index in [9.17, 15) is 29.4 Å². The third-order valence-electron chi connectivity index (χ3n) is 9.95. The maximum absolute atomic E-state index is 17.2. The molecular formula is C30H33FO8. The molecule has 1 aromatic rings. The van der Waals surface area contributed by atoms with Crippen molar-refractivity contribution in [1.29, 1.82) is 0 Å². The van der Waals surface area contributed by atoms with Crippen molar-refractivity contribution in [2.45, 2.75) is 70.2 Å². The molecule has 0 amide bonds. The van der Waals surface area contributed by atoms with E-state index in [4.69, 9.17) is 9.47 Å². The molecule has 0 bridgehead atoms. The molecule has 7 unspecified atom stereocenters. The number of carbonyl (C=O) groups is 4. The zero-order valence-electron chi connectivity index (χ0n) is 22.2. The molecule has 4 aliphatic carbocycles. The molecule has 7 atom stereocenters. The predicted octanol–water partition coefficient (Wildman–Crippen LogP) is 3.44. The third kappa shape index (κ3) is 3.84. The molecule has 3 saturated carbocycles. The minimum Gasteiger partial charge on any atom is -0.454 e. The van der Waals surface area contributed by atoms with Crippen LogP contribution in [0.25, 0.3) is 0 Å². The van der Waals surface area contributed by atoms with Crippen LogP contribution in [-0.4, -0.2) is 57.7 Å². The first-order valence-electron chi connectivity index (χ1n) is 13.3. The van der Waals surface area contributed by atoms with Gasteiger partial charge in [-0.1, -0.05) is 30.7 Å². The number of fused-ring (bicyclic) bond motifs is 5. The highest BCUT2D eigenvalue weighted by Crippen LogP contribution is 2.69. The quantitative estimate of drug-likeness (QED) is 0.430. The molecule has 0 saturated heterocycles. The van der Waals surface area contributed by atoms with Crippen LogP contribution in [0.1, 0.15) is 63.2 Å². The van der Waals surface area contributed by atoms with E-state index < -0.39 is 64.4 Å². The Balaban J connectivity index is 1.37. The molecule has 0 aliphatic heterocycles. The summed E-state index contributed by atoms with van der Waals surface area (Å²) < 4.78 is 27.4. The summed E-state index contributed by atoms with van der Waals surface area (Å²) >= 11 is 0. The van der Waals surface area contributed by atoms with Gasteiger partial charge in [-0.2, -0.15) is 0 Å². The molecule has 0 radical (unpaired) electrons. The Hall–Kier alpha value is -3.17. The number of allylic oxidation sites excluding steroid dienone is 4. The molecule has 3 fully saturated rings. The van der Waals surface area contributed by atoms with Gasteiger partial charge in [0.25, 0.3) is 0 Å². The summed E-state index contributed by atoms with van der Waals surface area (Å²) in [7, 11) is 0. The van der Waals surface area contributed by atoms with Gasteiger partial charge in [-0.3, -0.25) is 14.4 Å². The van der Waals surface area contributed by atoms with Crippen LogP contribution in [0.5, 0.6) is 5.75 Å². The number of carbonyl (C=O) groups excluding carboxylic acids is 4. The normalized spacial score (nSPS) is 38.7. The molecule has 1 aromatic carbocycles. The van der Waals surface area contributed by atoms with Crippen molar-refractivity contribution in [3.63, 3.8) is 0 Å². The third-order valence-corrected chi connectivity index (χ3v) is 9.95. The van der Waals surface area contributed by atoms with Crippen molar-refractivity contribution in [3.8, 4) is 5.75 Å². The maximum atomic E-state index is 17.2. The Kier molecular flexibility index (Phi) is 6.46. The fourth-order valence-corrected chi connectivity index (χ4v) is 7.88. The number of para-hydroxylation sites is 1. The number of aliphatic hydroxyl groups is 2. The van der Waals surface area contributed by atoms with Gasteiger partial charge in [-0.05, 0) is 69.2 Å². The average molecular weight is 541 g/mol. The lowest BCUT2D eigenvalue weighted by Crippen LogP contribution is -2.69. The van der Waals surface area contributed by atoms with E-state index in [0.29, 0.717) is 24.8 Å². The summed E-state index contributed by atoms with van der Waals surface area (Å²) in [4.78, 5) is 49.5. The fourth-order valence-electron chi connectivity index (χ4n) is 7.88. The summed E-state index contributed by atoms with van der Waals surface area (Å²) in [5.41, 5.74) is -5.72. The van der Waals surface area contributed by atoms with Crippen LogP contribution in [0.4, 0.5) is 4.39 Å². The number of rotatable bonds is 5. The second kappa shape index (κ2) is 9.20. The van der Waals surface area contributed by atoms with E-state index in [0.717, 1.165) is 0 Å². The minimum atomic E-state index is -2.07. The highest BCUT2D eigenvalue weighted by atomic mass is 19.1. The largest absolute Gasteiger partial charge is 0.454 e. The molecule has 2 N–H and O–H groups in total. The second-order valence-corrected chi connectivity index (χ2v) is 11.8. The van der Waals surface area contributed by atoms with Gasteiger partial charge in [0.05, 0.1) is 6.10 Å². The lowest BCUT2D eigenvalue weighted by Gasteiger charge is -2.62. The average Bonchev–Trinajstić information content (AvgIpc) is 3.14. The minimum absolute atomic E-state index is 0.0126. The zero-order valence-corrected chi connectivity index (χ0v) is 22.2. The number of ether oxygens (including phenoxy) is 2. The van der Waals surface area contributed by atoms with E-state index >= 15 is 4.39 Å². The van der Waals surface area contributed by atoms with Crippen LogP contribution in [0, 0.1) is 22.7 Å². The van der Waals surface area contributed by atoms with Crippen LogP contribution in [0.3, 0.4) is 0 Å². The van der Waals surface area contributed by atoms with Crippen molar-refractivity contribution in [1.82, 2.24) is 0 Å². The Labute approximate surface area is 225 Å². The first kappa shape index (κ1) is 27.4. The first-order chi connectivity index (χ1) is 18.3. The fraction of sp³-hybridized carbons (Fsp3) is 0.533. The maximum Gasteiger partial charge on any atom is 0.342 e. The number of halogens is 1. The molecule has 9 heteroatoms. The van der Waals surface area contributed by atoms with Crippen LogP contribution >= 0.6 is 0 Å². The van der Waals surface area contributed by atoms with Gasteiger partial charge in [0.15, 0.2) is 18.1 Å². The van der Waals surface area contributed by atoms with Crippen molar-refractivity contribution in [3.05, 3.63) is 53.6 Å². The molecular weight excluding hydrogens is 507 g/mol. The van der Waals surface area contributed by atoms with Crippen molar-refractivity contribution in [2.75, 3.05) is 6.61 Å². The van der Waals surface area contributed by atoms with Gasteiger partial charge in [-0.25, -0.2) is 9.18 Å². The lowest BCUT2D eigenvalue weighted by molar-refractivity contribution is -0.217. The van der Waals surface area contributed by atoms with Gasteiger partial charge in [0.1, 0.15) is 16.9 Å². The Morgan fingerprint density at radius 1 is 1.13 bits per heavy atom. The standard InChI is InChI=1S/C30H33FO8/c1-17(32)39-23-7-5-4-6-20(23)26(36)38-16-25(35)29(37)13-11-21-22-9-8-18-14-19(33)10-12-27(18,2)30(22,31)24(34)15-28(21,29)3/h4-7,10,12,14,21-22,24,34,37H,8-9,11,13,15-16H2,1-3H3. The van der Waals surface area contributed by atoms with Crippen molar-refractivity contribution < 1.29 is 43.3 Å². The topological polar surface area (TPSA) is 127 Å². The highest BCUT2D eigenvalue weighted by molar-refractivity contribution is 6.01. The number of hydrogen-bond donors (Lipinski definition) is 2. The summed E-state index contributed by atoms with van der Waals surface area (Å²) in [5, 5.41) is 23.1. The van der Waals surface area contributed by atoms with Crippen molar-refractivity contribution >= 4 is 23.5 Å². The molecule has 4 aliphatic rings. The summed E-state index contributed by atoms with van der Waals surface area (Å²) in [6.07, 6.45) is 3.96. The smallest absolute Gasteiger partial charge is 0.342 e. The number of ketones is 2. The van der Waals surface area contributed by atoms with Crippen LogP contribution in [0.2, 0.25) is 0 Å². The molecule has 0 spiro atoms. The first-order valence-corrected chi connectivity index (χ1v) is 13.3. The van der Waals surface area contributed by atoms with E-state index in [1.54, 1.807) is 32.1 Å². The zero-order chi connectivity index (χ0) is 28.4. The molecule has 5 rings (SSSR count). The number of alkyl halides is 1. The molecule has 39 heavy (non-hydrogen) atoms. The van der Waals surface area contributed by atoms with E-state index in [-0.39, 0.29) is 29.9 Å². The highest BCUT2D eigenvalue weighted by Gasteiger charge is 2.74. The summed E-state index contributed by atoms with van der Waals surface area (Å²) in [5.74, 6) is -3.52. The van der Waals surface area contributed by atoms with Gasteiger partial charge >= 0.3 is 11.9 Å². The van der Waals surface area contributed by atoms with E-state index in [1.165, 1.54) is 31.2 Å². The number of hydrogen-bond acceptors (Lipinski definition) is 8. The molecule has 208 valence electrons. The summed E-state index contributed by atoms with van der Waals surface area (Å²) in [6.45, 7) is 3.87. The molecule has 8 nitrogen and oxygen atoms in total. The number of esters is 2. The summed E-state index contributed by atoms with van der Waals surface area (Å²) in [6, 6.07) is 5.94. The number of aliphatic hydroxyl groups excluding tert-OH is 1. The molecule has 0 aromatic heterocycles. The van der Waals surface area contributed by atoms with Crippen LogP contribution in [0.15, 0.2) is 48.1 Å². The van der Waals surface area contributed by atoms with Gasteiger partial charge in [0, 0.05) is 23.7 Å². The number of Topliss-reactive ketones (excluding diaryl/α,β-unsaturated/α-hetero) is 1. The lowest BCUT2D eigenvalue weighted by atomic mass is 9.44. The van der Waals surface area contributed by atoms with Gasteiger partial charge in [-0.15, -0.1) is 0 Å². The second-order valence-electron chi connectivity index (χ2n) is 11.8. The van der Waals surface area contributed by atoms with Crippen LogP contribution in [-0.2, 0) is 19.1 Å². The predicted molar refractivity (Wildman–Crippen MR) is 136 cm³/mol. The van der Waals surface area contributed by atoms with E-state index in [1.807, 2.05) is 0 Å². The van der Waals surface area contributed by atoms with Gasteiger partial charge in [0.2, 0.25) is 5.78 Å². The Bertz CT molecular complexity index is 1320. The Morgan fingerprint density at radius 3 is 2.56 bits per heavy atom. The van der Waals surface area contributed by atoms with Gasteiger partial charge < -0.3 is 19.7 Å². The van der Waals surface area contributed by atoms with Crippen LogP contribution < -0.4 is 4.74 Å². The number of benzene rings is 1.